The van der Waals surface area contributed by atoms with E-state index in [9.17, 15) is 0 Å². The van der Waals surface area contributed by atoms with Crippen molar-refractivity contribution < 1.29 is 4.84 Å². The van der Waals surface area contributed by atoms with E-state index in [1.807, 2.05) is 0 Å². The summed E-state index contributed by atoms with van der Waals surface area (Å²) in [5, 5.41) is 6.36. The Labute approximate surface area is 41.7 Å². The first kappa shape index (κ1) is 5.94. The minimum atomic E-state index is 0.918. The van der Waals surface area contributed by atoms with Gasteiger partial charge in [0, 0.05) is 7.05 Å². The Hall–Kier alpha value is -1.06. The van der Waals surface area contributed by atoms with Crippen LogP contribution in [0, 0.1) is 5.41 Å². The summed E-state index contributed by atoms with van der Waals surface area (Å²) in [6.45, 7) is 0. The molecule has 7 heavy (non-hydrogen) atoms. The molecule has 0 aliphatic rings. The third kappa shape index (κ3) is 4.94. The molecule has 4 heteroatoms. The third-order valence-corrected chi connectivity index (χ3v) is 0.285. The zero-order valence-corrected chi connectivity index (χ0v) is 4.01. The summed E-state index contributed by atoms with van der Waals surface area (Å²) in [5.41, 5.74) is 2.14. The predicted molar refractivity (Wildman–Crippen MR) is 27.4 cm³/mol. The second-order valence-corrected chi connectivity index (χ2v) is 0.744. The maximum Gasteiger partial charge on any atom is 0.204 e. The summed E-state index contributed by atoms with van der Waals surface area (Å²) in [6.07, 6.45) is 2.12. The van der Waals surface area contributed by atoms with E-state index in [0.29, 0.717) is 0 Å². The average molecular weight is 101 g/mol. The van der Waals surface area contributed by atoms with Crippen molar-refractivity contribution in [3.8, 4) is 0 Å². The maximum absolute atomic E-state index is 6.36. The van der Waals surface area contributed by atoms with Crippen LogP contribution in [0.25, 0.3) is 0 Å². The summed E-state index contributed by atoms with van der Waals surface area (Å²) in [5.74, 6) is 0. The molecule has 0 aromatic heterocycles. The van der Waals surface area contributed by atoms with Gasteiger partial charge in [-0.05, 0) is 0 Å². The Morgan fingerprint density at radius 2 is 2.57 bits per heavy atom. The van der Waals surface area contributed by atoms with E-state index in [1.54, 1.807) is 7.05 Å². The summed E-state index contributed by atoms with van der Waals surface area (Å²) < 4.78 is 0. The number of aliphatic imine (C=N–C) groups is 1. The summed E-state index contributed by atoms with van der Waals surface area (Å²) >= 11 is 0. The summed E-state index contributed by atoms with van der Waals surface area (Å²) in [7, 11) is 1.58. The average Bonchev–Trinajstić information content (AvgIpc) is 1.69. The summed E-state index contributed by atoms with van der Waals surface area (Å²) in [4.78, 5) is 7.81. The van der Waals surface area contributed by atoms with Gasteiger partial charge in [0.15, 0.2) is 0 Å². The number of rotatable bonds is 3. The highest BCUT2D eigenvalue weighted by atomic mass is 16.6. The molecule has 4 nitrogen and oxygen atoms in total. The van der Waals surface area contributed by atoms with E-state index in [4.69, 9.17) is 5.41 Å². The van der Waals surface area contributed by atoms with Crippen molar-refractivity contribution in [3.63, 3.8) is 0 Å². The Bertz CT molecular complexity index is 70.6. The molecule has 0 saturated heterocycles. The smallest absolute Gasteiger partial charge is 0.204 e. The van der Waals surface area contributed by atoms with Gasteiger partial charge < -0.3 is 4.84 Å². The number of hydrogen-bond acceptors (Lipinski definition) is 3. The van der Waals surface area contributed by atoms with Crippen LogP contribution in [0.3, 0.4) is 0 Å². The van der Waals surface area contributed by atoms with E-state index in [2.05, 4.69) is 15.3 Å². The molecule has 0 aliphatic carbocycles. The van der Waals surface area contributed by atoms with Crippen LogP contribution in [0.5, 0.6) is 0 Å². The van der Waals surface area contributed by atoms with Crippen molar-refractivity contribution in [3.05, 3.63) is 0 Å². The summed E-state index contributed by atoms with van der Waals surface area (Å²) in [6, 6.07) is 0. The highest BCUT2D eigenvalue weighted by Crippen LogP contribution is 1.51. The van der Waals surface area contributed by atoms with Crippen LogP contribution in [0.4, 0.5) is 0 Å². The molecule has 0 atom stereocenters. The zero-order valence-electron chi connectivity index (χ0n) is 4.01. The lowest BCUT2D eigenvalue weighted by atomic mass is 11.3. The van der Waals surface area contributed by atoms with Crippen LogP contribution >= 0.6 is 0 Å². The molecular weight excluding hydrogens is 94.1 g/mol. The Balaban J connectivity index is 2.82. The molecule has 0 saturated carbocycles. The van der Waals surface area contributed by atoms with Gasteiger partial charge in [-0.1, -0.05) is 0 Å². The fraction of sp³-hybridized carbons (Fsp3) is 0.333. The zero-order chi connectivity index (χ0) is 5.54. The second kappa shape index (κ2) is 4.94. The van der Waals surface area contributed by atoms with Gasteiger partial charge in [0.2, 0.25) is 6.40 Å². The topological polar surface area (TPSA) is 57.5 Å². The van der Waals surface area contributed by atoms with Crippen molar-refractivity contribution in [2.75, 3.05) is 7.05 Å². The SMILES string of the molecule is CN=CONC=N. The lowest BCUT2D eigenvalue weighted by Crippen LogP contribution is -2.08. The first-order chi connectivity index (χ1) is 3.41. The van der Waals surface area contributed by atoms with E-state index in [1.165, 1.54) is 6.40 Å². The molecule has 0 aromatic carbocycles. The van der Waals surface area contributed by atoms with Crippen molar-refractivity contribution >= 4 is 12.7 Å². The van der Waals surface area contributed by atoms with Crippen molar-refractivity contribution in [1.29, 1.82) is 5.41 Å². The van der Waals surface area contributed by atoms with Gasteiger partial charge in [-0.15, -0.1) is 0 Å². The first-order valence-electron chi connectivity index (χ1n) is 1.72. The van der Waals surface area contributed by atoms with E-state index in [0.717, 1.165) is 6.34 Å². The quantitative estimate of drug-likeness (QED) is 0.223. The molecular formula is C3H7N3O. The number of nitrogens with one attached hydrogen (secondary N) is 2. The highest BCUT2D eigenvalue weighted by molar-refractivity contribution is 5.52. The van der Waals surface area contributed by atoms with Crippen LogP contribution in [0.1, 0.15) is 0 Å². The van der Waals surface area contributed by atoms with Gasteiger partial charge in [-0.2, -0.15) is 0 Å². The standard InChI is InChI=1S/C3H7N3O/c1-5-3-7-6-2-4/h2-3H,1H3,(H2,4,6). The van der Waals surface area contributed by atoms with Crippen molar-refractivity contribution in [2.24, 2.45) is 4.99 Å². The van der Waals surface area contributed by atoms with Gasteiger partial charge in [-0.3, -0.25) is 10.4 Å². The molecule has 0 amide bonds. The van der Waals surface area contributed by atoms with Gasteiger partial charge in [0.1, 0.15) is 6.34 Å². The predicted octanol–water partition coefficient (Wildman–Crippen LogP) is -0.227. The first-order valence-corrected chi connectivity index (χ1v) is 1.72. The molecule has 0 aromatic rings. The molecule has 0 unspecified atom stereocenters. The van der Waals surface area contributed by atoms with Gasteiger partial charge >= 0.3 is 0 Å². The highest BCUT2D eigenvalue weighted by Gasteiger charge is 1.62. The maximum atomic E-state index is 6.36. The van der Waals surface area contributed by atoms with Crippen LogP contribution < -0.4 is 5.48 Å². The second-order valence-electron chi connectivity index (χ2n) is 0.744. The molecule has 2 N–H and O–H groups in total. The lowest BCUT2D eigenvalue weighted by Gasteiger charge is -1.89. The Morgan fingerprint density at radius 3 is 3.00 bits per heavy atom. The van der Waals surface area contributed by atoms with E-state index < -0.39 is 0 Å². The third-order valence-electron chi connectivity index (χ3n) is 0.285. The van der Waals surface area contributed by atoms with Crippen molar-refractivity contribution in [2.45, 2.75) is 0 Å². The molecule has 0 spiro atoms. The van der Waals surface area contributed by atoms with E-state index >= 15 is 0 Å². The molecule has 40 valence electrons. The number of hydrogen-bond donors (Lipinski definition) is 2. The fourth-order valence-electron chi connectivity index (χ4n) is 0.117. The molecule has 0 fully saturated rings. The van der Waals surface area contributed by atoms with Gasteiger partial charge in [-0.25, -0.2) is 5.48 Å². The molecule has 0 heterocycles. The van der Waals surface area contributed by atoms with Gasteiger partial charge in [0.05, 0.1) is 0 Å². The largest absolute Gasteiger partial charge is 0.369 e. The van der Waals surface area contributed by atoms with Crippen molar-refractivity contribution in [1.82, 2.24) is 5.48 Å². The monoisotopic (exact) mass is 101 g/mol. The Kier molecular flexibility index (Phi) is 4.19. The number of hydroxylamine groups is 1. The molecule has 0 aliphatic heterocycles. The fourth-order valence-corrected chi connectivity index (χ4v) is 0.117. The Morgan fingerprint density at radius 1 is 1.86 bits per heavy atom. The van der Waals surface area contributed by atoms with Crippen LogP contribution in [0.2, 0.25) is 0 Å². The minimum Gasteiger partial charge on any atom is -0.369 e. The molecule has 0 radical (unpaired) electrons. The lowest BCUT2D eigenvalue weighted by molar-refractivity contribution is 0.266. The van der Waals surface area contributed by atoms with Gasteiger partial charge in [0.25, 0.3) is 0 Å². The number of nitrogens with zero attached hydrogens (tertiary/aromatic N) is 1. The van der Waals surface area contributed by atoms with Crippen LogP contribution in [-0.4, -0.2) is 19.8 Å². The van der Waals surface area contributed by atoms with Crippen LogP contribution in [0.15, 0.2) is 4.99 Å². The minimum absolute atomic E-state index is 0.918. The molecule has 0 bridgehead atoms. The van der Waals surface area contributed by atoms with E-state index in [-0.39, 0.29) is 0 Å². The molecule has 0 rings (SSSR count). The van der Waals surface area contributed by atoms with Crippen LogP contribution in [-0.2, 0) is 4.84 Å². The normalized spacial score (nSPS) is 8.71.